The Labute approximate surface area is 137 Å². The number of anilines is 1. The highest BCUT2D eigenvalue weighted by molar-refractivity contribution is 6.07. The molecular weight excluding hydrogens is 306 g/mol. The van der Waals surface area contributed by atoms with Gasteiger partial charge in [-0.25, -0.2) is 9.97 Å². The fraction of sp³-hybridized carbons (Fsp3) is 0.438. The smallest absolute Gasteiger partial charge is 0.225 e. The van der Waals surface area contributed by atoms with Crippen LogP contribution in [0.1, 0.15) is 19.3 Å². The van der Waals surface area contributed by atoms with Crippen LogP contribution in [-0.4, -0.2) is 50.2 Å². The Morgan fingerprint density at radius 1 is 1.25 bits per heavy atom. The van der Waals surface area contributed by atoms with Crippen LogP contribution in [0.15, 0.2) is 18.6 Å². The number of H-pyrrole nitrogens is 1. The number of aromatic amines is 1. The normalized spacial score (nSPS) is 20.8. The zero-order chi connectivity index (χ0) is 16.1. The summed E-state index contributed by atoms with van der Waals surface area (Å²) in [5.41, 5.74) is 1.30. The van der Waals surface area contributed by atoms with E-state index in [0.29, 0.717) is 23.9 Å². The van der Waals surface area contributed by atoms with Crippen LogP contribution in [-0.2, 0) is 4.79 Å². The van der Waals surface area contributed by atoms with Crippen molar-refractivity contribution in [3.05, 3.63) is 18.6 Å². The van der Waals surface area contributed by atoms with Crippen molar-refractivity contribution in [3.63, 3.8) is 0 Å². The maximum absolute atomic E-state index is 12.3. The Morgan fingerprint density at radius 2 is 2.17 bits per heavy atom. The number of fused-ring (bicyclic) bond motifs is 3. The van der Waals surface area contributed by atoms with Crippen LogP contribution in [0.4, 0.5) is 5.82 Å². The van der Waals surface area contributed by atoms with Gasteiger partial charge in [-0.1, -0.05) is 0 Å². The van der Waals surface area contributed by atoms with Crippen LogP contribution >= 0.6 is 0 Å². The second-order valence-corrected chi connectivity index (χ2v) is 6.55. The Balaban J connectivity index is 1.50. The minimum absolute atomic E-state index is 0.0229. The molecule has 2 fully saturated rings. The molecule has 1 saturated heterocycles. The minimum Gasteiger partial charge on any atom is -0.355 e. The first-order chi connectivity index (χ1) is 11.8. The van der Waals surface area contributed by atoms with E-state index in [2.05, 4.69) is 35.4 Å². The molecule has 1 atom stereocenters. The van der Waals surface area contributed by atoms with Crippen LogP contribution in [0.2, 0.25) is 0 Å². The van der Waals surface area contributed by atoms with Crippen molar-refractivity contribution in [2.75, 3.05) is 18.0 Å². The SMILES string of the molecule is O=C(NC1CC1)C1CCN(c2nc[nH]c3nnc4nccc4c23)C1. The lowest BCUT2D eigenvalue weighted by atomic mass is 10.1. The van der Waals surface area contributed by atoms with E-state index in [1.54, 1.807) is 12.5 Å². The highest BCUT2D eigenvalue weighted by Crippen LogP contribution is 2.31. The molecule has 1 unspecified atom stereocenters. The number of aromatic nitrogens is 5. The molecule has 1 saturated carbocycles. The molecule has 2 N–H and O–H groups in total. The second kappa shape index (κ2) is 5.12. The Morgan fingerprint density at radius 3 is 3.04 bits per heavy atom. The summed E-state index contributed by atoms with van der Waals surface area (Å²) in [4.78, 5) is 26.3. The van der Waals surface area contributed by atoms with E-state index in [1.165, 1.54) is 0 Å². The van der Waals surface area contributed by atoms with E-state index in [-0.39, 0.29) is 11.8 Å². The Kier molecular flexibility index (Phi) is 2.91. The lowest BCUT2D eigenvalue weighted by Crippen LogP contribution is -2.34. The molecule has 8 heteroatoms. The molecular formula is C16H17N7O. The van der Waals surface area contributed by atoms with E-state index < -0.39 is 0 Å². The summed E-state index contributed by atoms with van der Waals surface area (Å²) < 4.78 is 0. The number of hydrogen-bond acceptors (Lipinski definition) is 6. The fourth-order valence-electron chi connectivity index (χ4n) is 3.38. The molecule has 24 heavy (non-hydrogen) atoms. The van der Waals surface area contributed by atoms with Gasteiger partial charge in [0, 0.05) is 30.7 Å². The molecule has 2 aliphatic rings. The number of carbonyl (C=O) groups excluding carboxylic acids is 1. The molecule has 0 spiro atoms. The summed E-state index contributed by atoms with van der Waals surface area (Å²) in [6.45, 7) is 1.50. The Bertz CT molecular complexity index is 932. The number of carbonyl (C=O) groups is 1. The van der Waals surface area contributed by atoms with E-state index in [0.717, 1.165) is 42.4 Å². The minimum atomic E-state index is 0.0229. The van der Waals surface area contributed by atoms with Gasteiger partial charge in [0.2, 0.25) is 5.91 Å². The number of amides is 1. The highest BCUT2D eigenvalue weighted by atomic mass is 16.2. The molecule has 1 aliphatic carbocycles. The third-order valence-electron chi connectivity index (χ3n) is 4.82. The predicted octanol–water partition coefficient (Wildman–Crippen LogP) is 1.01. The maximum atomic E-state index is 12.3. The highest BCUT2D eigenvalue weighted by Gasteiger charge is 2.33. The van der Waals surface area contributed by atoms with Gasteiger partial charge in [-0.15, -0.1) is 10.2 Å². The number of nitrogens with zero attached hydrogens (tertiary/aromatic N) is 5. The quantitative estimate of drug-likeness (QED) is 0.746. The first kappa shape index (κ1) is 13.6. The maximum Gasteiger partial charge on any atom is 0.225 e. The first-order valence-electron chi connectivity index (χ1n) is 8.29. The zero-order valence-electron chi connectivity index (χ0n) is 13.1. The van der Waals surface area contributed by atoms with Crippen molar-refractivity contribution in [1.82, 2.24) is 30.5 Å². The monoisotopic (exact) mass is 323 g/mol. The van der Waals surface area contributed by atoms with Crippen LogP contribution in [0.5, 0.6) is 0 Å². The molecule has 4 heterocycles. The lowest BCUT2D eigenvalue weighted by Gasteiger charge is -2.19. The number of nitrogens with one attached hydrogen (secondary N) is 2. The predicted molar refractivity (Wildman–Crippen MR) is 88.5 cm³/mol. The molecule has 8 nitrogen and oxygen atoms in total. The van der Waals surface area contributed by atoms with Crippen molar-refractivity contribution in [2.45, 2.75) is 25.3 Å². The van der Waals surface area contributed by atoms with Crippen molar-refractivity contribution in [3.8, 4) is 0 Å². The zero-order valence-corrected chi connectivity index (χ0v) is 13.1. The van der Waals surface area contributed by atoms with Gasteiger partial charge in [-0.2, -0.15) is 0 Å². The van der Waals surface area contributed by atoms with Crippen molar-refractivity contribution in [2.24, 2.45) is 5.92 Å². The average Bonchev–Trinajstić information content (AvgIpc) is 3.12. The van der Waals surface area contributed by atoms with E-state index >= 15 is 0 Å². The molecule has 1 aliphatic heterocycles. The van der Waals surface area contributed by atoms with E-state index in [4.69, 9.17) is 0 Å². The fourth-order valence-corrected chi connectivity index (χ4v) is 3.38. The summed E-state index contributed by atoms with van der Waals surface area (Å²) in [6, 6.07) is 2.33. The van der Waals surface area contributed by atoms with Gasteiger partial charge in [0.05, 0.1) is 17.6 Å². The molecule has 3 aromatic rings. The van der Waals surface area contributed by atoms with Crippen LogP contribution in [0, 0.1) is 5.92 Å². The molecule has 5 rings (SSSR count). The second-order valence-electron chi connectivity index (χ2n) is 6.55. The molecule has 0 radical (unpaired) electrons. The van der Waals surface area contributed by atoms with Gasteiger partial charge < -0.3 is 15.2 Å². The van der Waals surface area contributed by atoms with E-state index in [9.17, 15) is 4.79 Å². The van der Waals surface area contributed by atoms with Crippen LogP contribution < -0.4 is 10.2 Å². The summed E-state index contributed by atoms with van der Waals surface area (Å²) in [5, 5.41) is 13.3. The van der Waals surface area contributed by atoms with Gasteiger partial charge in [0.15, 0.2) is 11.3 Å². The molecule has 3 aromatic heterocycles. The number of hydrogen-bond donors (Lipinski definition) is 2. The van der Waals surface area contributed by atoms with Crippen LogP contribution in [0.25, 0.3) is 22.1 Å². The number of rotatable bonds is 3. The van der Waals surface area contributed by atoms with Crippen molar-refractivity contribution >= 4 is 33.8 Å². The topological polar surface area (TPSA) is 99.7 Å². The first-order valence-corrected chi connectivity index (χ1v) is 8.29. The summed E-state index contributed by atoms with van der Waals surface area (Å²) in [7, 11) is 0. The standard InChI is InChI=1S/C16H17N7O/c24-16(20-10-1-2-10)9-4-6-23(7-9)15-12-11-3-5-17-13(11)21-22-14(12)18-8-19-15/h3,5,8-10H,1-2,4,6-7H2,(H,20,24)(H,18,19,22). The lowest BCUT2D eigenvalue weighted by molar-refractivity contribution is -0.124. The molecule has 0 aromatic carbocycles. The molecule has 0 bridgehead atoms. The largest absolute Gasteiger partial charge is 0.355 e. The summed E-state index contributed by atoms with van der Waals surface area (Å²) in [5.74, 6) is 1.04. The van der Waals surface area contributed by atoms with Crippen molar-refractivity contribution < 1.29 is 4.79 Å². The summed E-state index contributed by atoms with van der Waals surface area (Å²) in [6.07, 6.45) is 6.44. The summed E-state index contributed by atoms with van der Waals surface area (Å²) >= 11 is 0. The van der Waals surface area contributed by atoms with Crippen molar-refractivity contribution in [1.29, 1.82) is 0 Å². The third kappa shape index (κ3) is 2.17. The van der Waals surface area contributed by atoms with E-state index in [1.807, 2.05) is 6.07 Å². The molecule has 1 amide bonds. The van der Waals surface area contributed by atoms with Gasteiger partial charge >= 0.3 is 0 Å². The van der Waals surface area contributed by atoms with Gasteiger partial charge in [0.1, 0.15) is 5.82 Å². The van der Waals surface area contributed by atoms with Gasteiger partial charge in [-0.3, -0.25) is 4.79 Å². The Hall–Kier alpha value is -2.77. The molecule has 122 valence electrons. The van der Waals surface area contributed by atoms with Gasteiger partial charge in [-0.05, 0) is 25.3 Å². The third-order valence-corrected chi connectivity index (χ3v) is 4.82. The van der Waals surface area contributed by atoms with Gasteiger partial charge in [0.25, 0.3) is 0 Å². The average molecular weight is 323 g/mol. The van der Waals surface area contributed by atoms with Crippen LogP contribution in [0.3, 0.4) is 0 Å².